The van der Waals surface area contributed by atoms with Gasteiger partial charge in [-0.05, 0) is 39.7 Å². The summed E-state index contributed by atoms with van der Waals surface area (Å²) in [5.74, 6) is -0.383. The highest BCUT2D eigenvalue weighted by atomic mass is 32.2. The number of nitrogens with two attached hydrogens (primary N) is 1. The lowest BCUT2D eigenvalue weighted by atomic mass is 10.3. The van der Waals surface area contributed by atoms with Gasteiger partial charge in [0.15, 0.2) is 9.84 Å². The zero-order valence-corrected chi connectivity index (χ0v) is 10.6. The fourth-order valence-corrected chi connectivity index (χ4v) is 2.97. The van der Waals surface area contributed by atoms with Gasteiger partial charge >= 0.3 is 0 Å². The van der Waals surface area contributed by atoms with E-state index in [1.54, 1.807) is 6.92 Å². The number of hydrogen-bond donors (Lipinski definition) is 2. The highest BCUT2D eigenvalue weighted by molar-refractivity contribution is 7.93. The van der Waals surface area contributed by atoms with E-state index in [-0.39, 0.29) is 11.9 Å². The molecule has 1 saturated carbocycles. The van der Waals surface area contributed by atoms with E-state index in [9.17, 15) is 13.2 Å². The van der Waals surface area contributed by atoms with Gasteiger partial charge in [0.25, 0.3) is 0 Å². The van der Waals surface area contributed by atoms with E-state index in [1.807, 2.05) is 0 Å². The van der Waals surface area contributed by atoms with Gasteiger partial charge in [-0.3, -0.25) is 4.79 Å². The van der Waals surface area contributed by atoms with Crippen molar-refractivity contribution in [3.63, 3.8) is 0 Å². The quantitative estimate of drug-likeness (QED) is 0.681. The van der Waals surface area contributed by atoms with Crippen molar-refractivity contribution in [2.75, 3.05) is 6.54 Å². The molecule has 0 bridgehead atoms. The molecule has 0 aliphatic heterocycles. The molecule has 0 radical (unpaired) electrons. The van der Waals surface area contributed by atoms with Crippen LogP contribution in [0.1, 0.15) is 33.1 Å². The molecule has 5 nitrogen and oxygen atoms in total. The molecular weight excluding hydrogens is 228 g/mol. The van der Waals surface area contributed by atoms with Crippen molar-refractivity contribution in [1.29, 1.82) is 0 Å². The first-order valence-electron chi connectivity index (χ1n) is 5.62. The van der Waals surface area contributed by atoms with Crippen LogP contribution in [0.15, 0.2) is 0 Å². The number of hydrogen-bond acceptors (Lipinski definition) is 4. The van der Waals surface area contributed by atoms with E-state index in [1.165, 1.54) is 6.92 Å². The van der Waals surface area contributed by atoms with Gasteiger partial charge < -0.3 is 11.1 Å². The molecule has 0 saturated heterocycles. The summed E-state index contributed by atoms with van der Waals surface area (Å²) in [7, 11) is -3.41. The standard InChI is InChI=1S/C10H20N2O3S/c1-7(5-6-11)16(14,15)8(2)10(13)12-9-3-4-9/h7-9H,3-6,11H2,1-2H3,(H,12,13). The van der Waals surface area contributed by atoms with Crippen LogP contribution in [0.25, 0.3) is 0 Å². The third-order valence-corrected chi connectivity index (χ3v) is 5.48. The molecule has 94 valence electrons. The van der Waals surface area contributed by atoms with Crippen molar-refractivity contribution in [1.82, 2.24) is 5.32 Å². The van der Waals surface area contributed by atoms with Crippen LogP contribution >= 0.6 is 0 Å². The molecule has 0 aromatic rings. The molecule has 6 heteroatoms. The summed E-state index contributed by atoms with van der Waals surface area (Å²) in [6.07, 6.45) is 2.30. The second kappa shape index (κ2) is 5.14. The summed E-state index contributed by atoms with van der Waals surface area (Å²) < 4.78 is 23.9. The minimum absolute atomic E-state index is 0.190. The van der Waals surface area contributed by atoms with Crippen molar-refractivity contribution in [3.05, 3.63) is 0 Å². The topological polar surface area (TPSA) is 89.3 Å². The van der Waals surface area contributed by atoms with Gasteiger partial charge in [-0.2, -0.15) is 0 Å². The van der Waals surface area contributed by atoms with Crippen molar-refractivity contribution in [2.24, 2.45) is 5.73 Å². The number of rotatable bonds is 6. The zero-order valence-electron chi connectivity index (χ0n) is 9.77. The maximum Gasteiger partial charge on any atom is 0.238 e. The first kappa shape index (κ1) is 13.4. The molecule has 0 aromatic heterocycles. The van der Waals surface area contributed by atoms with Crippen molar-refractivity contribution < 1.29 is 13.2 Å². The average molecular weight is 248 g/mol. The summed E-state index contributed by atoms with van der Waals surface area (Å²) in [6.45, 7) is 3.36. The molecule has 2 atom stereocenters. The Morgan fingerprint density at radius 1 is 1.44 bits per heavy atom. The summed E-state index contributed by atoms with van der Waals surface area (Å²) in [4.78, 5) is 11.6. The average Bonchev–Trinajstić information content (AvgIpc) is 3.00. The van der Waals surface area contributed by atoms with Crippen LogP contribution in [-0.4, -0.2) is 37.4 Å². The van der Waals surface area contributed by atoms with Crippen LogP contribution in [0.2, 0.25) is 0 Å². The van der Waals surface area contributed by atoms with E-state index in [0.29, 0.717) is 13.0 Å². The molecule has 1 amide bonds. The van der Waals surface area contributed by atoms with Gasteiger partial charge in [0.1, 0.15) is 5.25 Å². The summed E-state index contributed by atoms with van der Waals surface area (Å²) in [5.41, 5.74) is 5.33. The monoisotopic (exact) mass is 248 g/mol. The molecule has 1 aliphatic rings. The highest BCUT2D eigenvalue weighted by Gasteiger charge is 2.35. The molecule has 0 heterocycles. The van der Waals surface area contributed by atoms with Crippen LogP contribution < -0.4 is 11.1 Å². The third kappa shape index (κ3) is 3.18. The van der Waals surface area contributed by atoms with Gasteiger partial charge in [0, 0.05) is 6.04 Å². The molecule has 16 heavy (non-hydrogen) atoms. The van der Waals surface area contributed by atoms with Crippen LogP contribution in [0.3, 0.4) is 0 Å². The smallest absolute Gasteiger partial charge is 0.238 e. The number of sulfone groups is 1. The lowest BCUT2D eigenvalue weighted by Crippen LogP contribution is -2.42. The second-order valence-corrected chi connectivity index (χ2v) is 7.09. The van der Waals surface area contributed by atoms with E-state index in [0.717, 1.165) is 12.8 Å². The maximum atomic E-state index is 11.9. The van der Waals surface area contributed by atoms with Crippen LogP contribution in [-0.2, 0) is 14.6 Å². The number of carbonyl (C=O) groups is 1. The molecule has 1 rings (SSSR count). The Bertz CT molecular complexity index is 349. The zero-order chi connectivity index (χ0) is 12.3. The van der Waals surface area contributed by atoms with E-state index < -0.39 is 20.3 Å². The predicted octanol–water partition coefficient (Wildman–Crippen LogP) is -0.194. The third-order valence-electron chi connectivity index (χ3n) is 2.92. The van der Waals surface area contributed by atoms with E-state index in [2.05, 4.69) is 5.32 Å². The summed E-state index contributed by atoms with van der Waals surface area (Å²) in [6, 6.07) is 0.190. The van der Waals surface area contributed by atoms with Crippen molar-refractivity contribution >= 4 is 15.7 Å². The molecule has 1 fully saturated rings. The number of carbonyl (C=O) groups excluding carboxylic acids is 1. The van der Waals surface area contributed by atoms with Gasteiger partial charge in [0.2, 0.25) is 5.91 Å². The molecule has 3 N–H and O–H groups in total. The SMILES string of the molecule is CC(CCN)S(=O)(=O)C(C)C(=O)NC1CC1. The predicted molar refractivity (Wildman–Crippen MR) is 62.7 cm³/mol. The molecule has 0 spiro atoms. The van der Waals surface area contributed by atoms with Crippen LogP contribution in [0.4, 0.5) is 0 Å². The Labute approximate surface area is 96.7 Å². The van der Waals surface area contributed by atoms with Gasteiger partial charge in [-0.25, -0.2) is 8.42 Å². The highest BCUT2D eigenvalue weighted by Crippen LogP contribution is 2.20. The number of nitrogens with one attached hydrogen (secondary N) is 1. The summed E-state index contributed by atoms with van der Waals surface area (Å²) in [5, 5.41) is 1.17. The lowest BCUT2D eigenvalue weighted by molar-refractivity contribution is -0.120. The normalized spacial score (nSPS) is 20.2. The van der Waals surface area contributed by atoms with Gasteiger partial charge in [0.05, 0.1) is 5.25 Å². The number of amides is 1. The minimum Gasteiger partial charge on any atom is -0.352 e. The fraction of sp³-hybridized carbons (Fsp3) is 0.900. The second-order valence-electron chi connectivity index (χ2n) is 4.40. The van der Waals surface area contributed by atoms with Gasteiger partial charge in [-0.15, -0.1) is 0 Å². The van der Waals surface area contributed by atoms with Crippen molar-refractivity contribution in [3.8, 4) is 0 Å². The molecular formula is C10H20N2O3S. The van der Waals surface area contributed by atoms with E-state index >= 15 is 0 Å². The lowest BCUT2D eigenvalue weighted by Gasteiger charge is -2.17. The fourth-order valence-electron chi connectivity index (χ4n) is 1.44. The first-order valence-corrected chi connectivity index (χ1v) is 7.23. The van der Waals surface area contributed by atoms with Crippen LogP contribution in [0, 0.1) is 0 Å². The Balaban J connectivity index is 2.62. The largest absolute Gasteiger partial charge is 0.352 e. The van der Waals surface area contributed by atoms with E-state index in [4.69, 9.17) is 5.73 Å². The Hall–Kier alpha value is -0.620. The molecule has 0 aromatic carbocycles. The first-order chi connectivity index (χ1) is 7.39. The van der Waals surface area contributed by atoms with Crippen molar-refractivity contribution in [2.45, 2.75) is 49.7 Å². The summed E-state index contributed by atoms with van der Waals surface area (Å²) >= 11 is 0. The maximum absolute atomic E-state index is 11.9. The van der Waals surface area contributed by atoms with Crippen LogP contribution in [0.5, 0.6) is 0 Å². The molecule has 1 aliphatic carbocycles. The minimum atomic E-state index is -3.41. The Morgan fingerprint density at radius 2 is 2.00 bits per heavy atom. The van der Waals surface area contributed by atoms with Gasteiger partial charge in [-0.1, -0.05) is 0 Å². The molecule has 2 unspecified atom stereocenters. The Morgan fingerprint density at radius 3 is 2.44 bits per heavy atom. The Kier molecular flexibility index (Phi) is 4.32.